The molecule has 0 aliphatic heterocycles. The Labute approximate surface area is 469 Å². The normalized spacial score (nSPS) is 13.7. The van der Waals surface area contributed by atoms with E-state index in [2.05, 4.69) is 277 Å². The Hall–Kier alpha value is -10.1. The highest BCUT2D eigenvalue weighted by Gasteiger charge is 2.43. The summed E-state index contributed by atoms with van der Waals surface area (Å²) in [4.78, 5) is 0. The predicted octanol–water partition coefficient (Wildman–Crippen LogP) is 18.9. The van der Waals surface area contributed by atoms with Crippen LogP contribution in [0.2, 0.25) is 0 Å². The molecule has 4 aromatic heterocycles. The van der Waals surface area contributed by atoms with E-state index >= 15 is 0 Å². The van der Waals surface area contributed by atoms with Crippen molar-refractivity contribution in [2.45, 2.75) is 58.3 Å². The van der Waals surface area contributed by atoms with Crippen molar-refractivity contribution in [2.75, 3.05) is 0 Å². The van der Waals surface area contributed by atoms with Gasteiger partial charge in [-0.15, -0.1) is 0 Å². The van der Waals surface area contributed by atoms with Crippen LogP contribution in [0.15, 0.2) is 206 Å². The monoisotopic (exact) mass is 1040 g/mol. The summed E-state index contributed by atoms with van der Waals surface area (Å²) in [5, 5.41) is 33.2. The minimum absolute atomic E-state index is 0.125. The first-order chi connectivity index (χ1) is 39.6. The van der Waals surface area contributed by atoms with E-state index in [9.17, 15) is 10.5 Å². The fourth-order valence-corrected chi connectivity index (χ4v) is 14.6. The van der Waals surface area contributed by atoms with Crippen molar-refractivity contribution in [1.29, 1.82) is 10.5 Å². The van der Waals surface area contributed by atoms with Crippen LogP contribution in [0.1, 0.15) is 80.1 Å². The van der Waals surface area contributed by atoms with Crippen molar-refractivity contribution in [3.05, 3.63) is 245 Å². The molecule has 6 heteroatoms. The zero-order valence-corrected chi connectivity index (χ0v) is 45.8. The summed E-state index contributed by atoms with van der Waals surface area (Å²) < 4.78 is 9.57. The molecule has 0 fully saturated rings. The number of nitriles is 2. The maximum absolute atomic E-state index is 12.8. The van der Waals surface area contributed by atoms with Crippen molar-refractivity contribution in [2.24, 2.45) is 0 Å². The second-order valence-corrected chi connectivity index (χ2v) is 23.7. The average molecular weight is 1040 g/mol. The van der Waals surface area contributed by atoms with Gasteiger partial charge in [-0.3, -0.25) is 0 Å². The fourth-order valence-electron chi connectivity index (χ4n) is 14.6. The molecule has 2 aliphatic carbocycles. The molecule has 0 spiro atoms. The molecule has 384 valence electrons. The Morgan fingerprint density at radius 2 is 0.963 bits per heavy atom. The number of benzene rings is 10. The lowest BCUT2D eigenvalue weighted by molar-refractivity contribution is 0.590. The summed E-state index contributed by atoms with van der Waals surface area (Å²) in [5.74, 6) is 0. The molecular weight excluding hydrogens is 985 g/mol. The van der Waals surface area contributed by atoms with Crippen LogP contribution in [-0.4, -0.2) is 18.3 Å². The van der Waals surface area contributed by atoms with Gasteiger partial charge in [0.05, 0.1) is 55.7 Å². The van der Waals surface area contributed by atoms with Crippen LogP contribution in [0.4, 0.5) is 0 Å². The molecule has 0 unspecified atom stereocenters. The molecule has 16 rings (SSSR count). The number of nitrogens with zero attached hydrogens (tertiary/aromatic N) is 6. The third-order valence-electron chi connectivity index (χ3n) is 18.0. The maximum atomic E-state index is 12.8. The molecular formula is C75H54N6. The van der Waals surface area contributed by atoms with E-state index in [1.165, 1.54) is 27.8 Å². The van der Waals surface area contributed by atoms with Gasteiger partial charge < -0.3 is 18.3 Å². The van der Waals surface area contributed by atoms with Gasteiger partial charge in [-0.1, -0.05) is 204 Å². The number of aromatic nitrogens is 4. The summed E-state index contributed by atoms with van der Waals surface area (Å²) in [6, 6.07) is 77.9. The van der Waals surface area contributed by atoms with Crippen molar-refractivity contribution in [1.82, 2.24) is 18.3 Å². The molecule has 0 saturated carbocycles. The number of fused-ring (bicyclic) bond motifs is 18. The molecule has 0 bridgehead atoms. The first-order valence-corrected chi connectivity index (χ1v) is 28.2. The fraction of sp³-hybridized carbons (Fsp3) is 0.120. The molecule has 0 atom stereocenters. The summed E-state index contributed by atoms with van der Waals surface area (Å²) in [6.45, 7) is 11.5. The smallest absolute Gasteiger partial charge is 0.104 e. The number of para-hydroxylation sites is 6. The Morgan fingerprint density at radius 1 is 0.457 bits per heavy atom. The second kappa shape index (κ2) is 16.9. The van der Waals surface area contributed by atoms with Crippen LogP contribution in [0, 0.1) is 22.7 Å². The summed E-state index contributed by atoms with van der Waals surface area (Å²) >= 11 is 0. The SMILES string of the molecule is CC(C)(C)c1ccc(-c2c(-n3c4c(c5ccccc53)C=CCC4)c(C#N)c(-n3c4ccccc4c4c5c(c6c(c7ccccc7n6-c6ccccc6)c43)-c3ccccc3C5(C)C)c(C#N)c2-n2c3ccccc3c3ccccc32)cc1. The maximum Gasteiger partial charge on any atom is 0.104 e. The predicted molar refractivity (Wildman–Crippen MR) is 335 cm³/mol. The lowest BCUT2D eigenvalue weighted by Gasteiger charge is -2.28. The average Bonchev–Trinajstić information content (AvgIpc) is 2.89. The van der Waals surface area contributed by atoms with E-state index in [-0.39, 0.29) is 5.41 Å². The van der Waals surface area contributed by atoms with Crippen molar-refractivity contribution in [3.8, 4) is 57.1 Å². The largest absolute Gasteiger partial charge is 0.311 e. The zero-order valence-electron chi connectivity index (χ0n) is 45.8. The van der Waals surface area contributed by atoms with Crippen LogP contribution in [0.3, 0.4) is 0 Å². The Morgan fingerprint density at radius 3 is 1.58 bits per heavy atom. The highest BCUT2D eigenvalue weighted by atomic mass is 15.1. The highest BCUT2D eigenvalue weighted by molar-refractivity contribution is 6.32. The van der Waals surface area contributed by atoms with Crippen LogP contribution < -0.4 is 0 Å². The van der Waals surface area contributed by atoms with Gasteiger partial charge in [-0.2, -0.15) is 10.5 Å². The number of hydrogen-bond donors (Lipinski definition) is 0. The van der Waals surface area contributed by atoms with Gasteiger partial charge in [0.15, 0.2) is 0 Å². The minimum atomic E-state index is -0.458. The molecule has 14 aromatic rings. The lowest BCUT2D eigenvalue weighted by atomic mass is 9.80. The zero-order chi connectivity index (χ0) is 54.6. The quantitative estimate of drug-likeness (QED) is 0.172. The van der Waals surface area contributed by atoms with Gasteiger partial charge in [0, 0.05) is 71.2 Å². The third-order valence-corrected chi connectivity index (χ3v) is 18.0. The van der Waals surface area contributed by atoms with Crippen LogP contribution in [0.5, 0.6) is 0 Å². The van der Waals surface area contributed by atoms with Crippen LogP contribution in [0.25, 0.3) is 127 Å². The van der Waals surface area contributed by atoms with Crippen molar-refractivity contribution in [3.63, 3.8) is 0 Å². The third kappa shape index (κ3) is 6.25. The van der Waals surface area contributed by atoms with E-state index in [0.717, 1.165) is 129 Å². The van der Waals surface area contributed by atoms with E-state index in [4.69, 9.17) is 0 Å². The molecule has 0 saturated heterocycles. The van der Waals surface area contributed by atoms with E-state index < -0.39 is 5.41 Å². The lowest BCUT2D eigenvalue weighted by Crippen LogP contribution is -2.16. The minimum Gasteiger partial charge on any atom is -0.311 e. The number of rotatable bonds is 5. The van der Waals surface area contributed by atoms with Gasteiger partial charge in [0.2, 0.25) is 0 Å². The highest BCUT2D eigenvalue weighted by Crippen LogP contribution is 2.59. The second-order valence-electron chi connectivity index (χ2n) is 23.7. The standard InChI is InChI=1S/C75H54N6/c1-74(2,3)46-41-39-45(40-42-46)64-70(79-58-33-17-10-25-48(58)49-26-11-18-34-59(49)79)55(43-76)69(56(44-77)71(64)80-60-35-19-12-27-50(60)51-28-13-20-36-61(51)80)81-63-38-22-14-30-53(63)66-68-65(52-29-9-16-32-57(52)75(68,4)5)72-67(73(66)81)54-31-15-21-37-62(54)78(72)47-23-7-6-8-24-47/h6-19,21-35,37-42H,20,36H2,1-5H3. The van der Waals surface area contributed by atoms with Gasteiger partial charge in [0.1, 0.15) is 23.3 Å². The molecule has 10 aromatic carbocycles. The van der Waals surface area contributed by atoms with E-state index in [0.29, 0.717) is 16.8 Å². The molecule has 81 heavy (non-hydrogen) atoms. The first kappa shape index (κ1) is 46.9. The van der Waals surface area contributed by atoms with Crippen molar-refractivity contribution < 1.29 is 0 Å². The molecule has 0 radical (unpaired) electrons. The topological polar surface area (TPSA) is 67.3 Å². The summed E-state index contributed by atoms with van der Waals surface area (Å²) in [6.07, 6.45) is 6.16. The Kier molecular flexibility index (Phi) is 9.81. The van der Waals surface area contributed by atoms with Gasteiger partial charge in [-0.25, -0.2) is 0 Å². The number of hydrogen-bond acceptors (Lipinski definition) is 2. The summed E-state index contributed by atoms with van der Waals surface area (Å²) in [5.41, 5.74) is 20.5. The Balaban J connectivity index is 1.22. The molecule has 6 nitrogen and oxygen atoms in total. The number of allylic oxidation sites excluding steroid dienone is 1. The van der Waals surface area contributed by atoms with Gasteiger partial charge in [0.25, 0.3) is 0 Å². The van der Waals surface area contributed by atoms with E-state index in [1.807, 2.05) is 0 Å². The molecule has 0 amide bonds. The van der Waals surface area contributed by atoms with Gasteiger partial charge >= 0.3 is 0 Å². The van der Waals surface area contributed by atoms with Crippen LogP contribution in [-0.2, 0) is 17.3 Å². The van der Waals surface area contributed by atoms with Gasteiger partial charge in [-0.05, 0) is 88.5 Å². The Bertz CT molecular complexity index is 5130. The first-order valence-electron chi connectivity index (χ1n) is 28.2. The van der Waals surface area contributed by atoms with Crippen molar-refractivity contribution >= 4 is 82.4 Å². The molecule has 0 N–H and O–H groups in total. The molecule has 4 heterocycles. The molecule has 2 aliphatic rings. The summed E-state index contributed by atoms with van der Waals surface area (Å²) in [7, 11) is 0. The van der Waals surface area contributed by atoms with Crippen LogP contribution >= 0.6 is 0 Å². The van der Waals surface area contributed by atoms with E-state index in [1.54, 1.807) is 0 Å².